The predicted molar refractivity (Wildman–Crippen MR) is 114 cm³/mol. The van der Waals surface area contributed by atoms with Gasteiger partial charge in [-0.15, -0.1) is 0 Å². The van der Waals surface area contributed by atoms with Crippen LogP contribution in [0, 0.1) is 0 Å². The minimum Gasteiger partial charge on any atom is -0.355 e. The molecule has 0 atom stereocenters. The molecule has 2 aromatic rings. The number of carbonyl (C=O) groups is 1. The Bertz CT molecular complexity index is 911. The molecule has 9 heteroatoms. The van der Waals surface area contributed by atoms with Crippen molar-refractivity contribution >= 4 is 17.1 Å². The van der Waals surface area contributed by atoms with E-state index in [4.69, 9.17) is 5.73 Å². The van der Waals surface area contributed by atoms with E-state index >= 15 is 0 Å². The maximum atomic E-state index is 12.6. The average Bonchev–Trinajstić information content (AvgIpc) is 3.10. The van der Waals surface area contributed by atoms with Gasteiger partial charge in [-0.2, -0.15) is 0 Å². The van der Waals surface area contributed by atoms with E-state index in [-0.39, 0.29) is 23.7 Å². The lowest BCUT2D eigenvalue weighted by Crippen LogP contribution is -2.39. The minimum absolute atomic E-state index is 0.0567. The van der Waals surface area contributed by atoms with Gasteiger partial charge in [-0.25, -0.2) is 9.78 Å². The third-order valence-corrected chi connectivity index (χ3v) is 5.27. The quantitative estimate of drug-likeness (QED) is 0.482. The van der Waals surface area contributed by atoms with Gasteiger partial charge in [0.25, 0.3) is 5.56 Å². The maximum absolute atomic E-state index is 12.6. The lowest BCUT2D eigenvalue weighted by Gasteiger charge is -2.08. The van der Waals surface area contributed by atoms with Crippen LogP contribution in [0.4, 0.5) is 0 Å². The van der Waals surface area contributed by atoms with Crippen molar-refractivity contribution in [3.05, 3.63) is 27.2 Å². The van der Waals surface area contributed by atoms with Crippen molar-refractivity contribution in [1.82, 2.24) is 24.0 Å². The van der Waals surface area contributed by atoms with E-state index in [2.05, 4.69) is 10.3 Å². The Morgan fingerprint density at radius 2 is 1.59 bits per heavy atom. The van der Waals surface area contributed by atoms with Crippen LogP contribution in [-0.2, 0) is 25.4 Å². The third kappa shape index (κ3) is 6.28. The van der Waals surface area contributed by atoms with Crippen LogP contribution in [0.2, 0.25) is 0 Å². The smallest absolute Gasteiger partial charge is 0.332 e. The maximum Gasteiger partial charge on any atom is 0.332 e. The van der Waals surface area contributed by atoms with Crippen molar-refractivity contribution < 1.29 is 4.79 Å². The second kappa shape index (κ2) is 11.5. The van der Waals surface area contributed by atoms with Gasteiger partial charge in [-0.3, -0.25) is 18.7 Å². The largest absolute Gasteiger partial charge is 0.355 e. The summed E-state index contributed by atoms with van der Waals surface area (Å²) in [5.41, 5.74) is 5.57. The number of aryl methyl sites for hydroxylation is 2. The summed E-state index contributed by atoms with van der Waals surface area (Å²) in [7, 11) is 3.42. The van der Waals surface area contributed by atoms with Crippen LogP contribution >= 0.6 is 0 Å². The second-order valence-electron chi connectivity index (χ2n) is 7.56. The molecule has 2 rings (SSSR count). The van der Waals surface area contributed by atoms with Gasteiger partial charge >= 0.3 is 5.69 Å². The van der Waals surface area contributed by atoms with Gasteiger partial charge in [-0.1, -0.05) is 44.9 Å². The molecule has 29 heavy (non-hydrogen) atoms. The molecule has 3 N–H and O–H groups in total. The van der Waals surface area contributed by atoms with Crippen molar-refractivity contribution in [2.45, 2.75) is 64.3 Å². The zero-order valence-electron chi connectivity index (χ0n) is 17.7. The summed E-state index contributed by atoms with van der Waals surface area (Å²) in [5.74, 6) is -0.0923. The van der Waals surface area contributed by atoms with E-state index in [9.17, 15) is 14.4 Å². The fraction of sp³-hybridized carbons (Fsp3) is 0.700. The highest BCUT2D eigenvalue weighted by molar-refractivity contribution is 5.77. The zero-order valence-corrected chi connectivity index (χ0v) is 17.7. The van der Waals surface area contributed by atoms with E-state index in [1.807, 2.05) is 0 Å². The van der Waals surface area contributed by atoms with Crippen molar-refractivity contribution in [1.29, 1.82) is 0 Å². The van der Waals surface area contributed by atoms with Crippen LogP contribution in [0.3, 0.4) is 0 Å². The summed E-state index contributed by atoms with van der Waals surface area (Å²) in [4.78, 5) is 40.2. The SMILES string of the molecule is Cn1cnc2c1c(=O)n(CCCCCCCCCCCNC(=O)CN)c(=O)n2C. The normalized spacial score (nSPS) is 11.3. The summed E-state index contributed by atoms with van der Waals surface area (Å²) in [5, 5.41) is 2.78. The zero-order chi connectivity index (χ0) is 21.2. The first-order valence-electron chi connectivity index (χ1n) is 10.5. The Morgan fingerprint density at radius 3 is 2.21 bits per heavy atom. The molecule has 0 aromatic carbocycles. The van der Waals surface area contributed by atoms with Crippen molar-refractivity contribution in [2.24, 2.45) is 19.8 Å². The van der Waals surface area contributed by atoms with Crippen LogP contribution in [-0.4, -0.2) is 37.7 Å². The highest BCUT2D eigenvalue weighted by Crippen LogP contribution is 2.10. The lowest BCUT2D eigenvalue weighted by molar-refractivity contribution is -0.119. The number of imidazole rings is 1. The first kappa shape index (κ1) is 22.9. The van der Waals surface area contributed by atoms with Gasteiger partial charge < -0.3 is 15.6 Å². The van der Waals surface area contributed by atoms with E-state index in [0.29, 0.717) is 24.3 Å². The minimum atomic E-state index is -0.302. The average molecular weight is 407 g/mol. The molecule has 9 nitrogen and oxygen atoms in total. The van der Waals surface area contributed by atoms with Crippen LogP contribution in [0.15, 0.2) is 15.9 Å². The highest BCUT2D eigenvalue weighted by atomic mass is 16.2. The first-order valence-corrected chi connectivity index (χ1v) is 10.5. The molecule has 0 radical (unpaired) electrons. The Hall–Kier alpha value is -2.42. The van der Waals surface area contributed by atoms with Gasteiger partial charge in [0.2, 0.25) is 5.91 Å². The van der Waals surface area contributed by atoms with Gasteiger partial charge in [-0.05, 0) is 12.8 Å². The van der Waals surface area contributed by atoms with Gasteiger partial charge in [0, 0.05) is 27.2 Å². The fourth-order valence-electron chi connectivity index (χ4n) is 3.53. The topological polar surface area (TPSA) is 117 Å². The number of fused-ring (bicyclic) bond motifs is 1. The van der Waals surface area contributed by atoms with Gasteiger partial charge in [0.1, 0.15) is 0 Å². The predicted octanol–water partition coefficient (Wildman–Crippen LogP) is 1.02. The van der Waals surface area contributed by atoms with Crippen molar-refractivity contribution in [3.63, 3.8) is 0 Å². The van der Waals surface area contributed by atoms with Crippen molar-refractivity contribution in [3.8, 4) is 0 Å². The Labute approximate surface area is 170 Å². The molecule has 2 aromatic heterocycles. The molecule has 0 bridgehead atoms. The van der Waals surface area contributed by atoms with Gasteiger partial charge in [0.05, 0.1) is 12.9 Å². The van der Waals surface area contributed by atoms with Crippen LogP contribution in [0.1, 0.15) is 57.8 Å². The number of nitrogens with one attached hydrogen (secondary N) is 1. The number of rotatable bonds is 13. The molecule has 0 saturated carbocycles. The number of unbranched alkanes of at least 4 members (excludes halogenated alkanes) is 8. The molecule has 0 aliphatic carbocycles. The molecule has 0 aliphatic rings. The standard InChI is InChI=1S/C20H34N6O3/c1-24-15-23-18-17(24)19(28)26(20(29)25(18)2)13-11-9-7-5-3-4-6-8-10-12-22-16(27)14-21/h15H,3-14,21H2,1-2H3,(H,22,27). The number of hydrogen-bond donors (Lipinski definition) is 2. The summed E-state index contributed by atoms with van der Waals surface area (Å²) in [6.45, 7) is 1.21. The second-order valence-corrected chi connectivity index (χ2v) is 7.56. The summed E-state index contributed by atoms with van der Waals surface area (Å²) >= 11 is 0. The Kier molecular flexibility index (Phi) is 9.11. The lowest BCUT2D eigenvalue weighted by atomic mass is 10.1. The molecule has 0 unspecified atom stereocenters. The fourth-order valence-corrected chi connectivity index (χ4v) is 3.53. The molecule has 162 valence electrons. The Balaban J connectivity index is 1.62. The summed E-state index contributed by atoms with van der Waals surface area (Å²) < 4.78 is 4.44. The van der Waals surface area contributed by atoms with Crippen LogP contribution in [0.5, 0.6) is 0 Å². The molecule has 0 aliphatic heterocycles. The molecule has 1 amide bonds. The molecule has 0 fully saturated rings. The third-order valence-electron chi connectivity index (χ3n) is 5.27. The number of nitrogens with two attached hydrogens (primary N) is 1. The highest BCUT2D eigenvalue weighted by Gasteiger charge is 2.14. The van der Waals surface area contributed by atoms with E-state index < -0.39 is 0 Å². The molecular weight excluding hydrogens is 372 g/mol. The Morgan fingerprint density at radius 1 is 1.00 bits per heavy atom. The molecule has 2 heterocycles. The van der Waals surface area contributed by atoms with Gasteiger partial charge in [0.15, 0.2) is 11.2 Å². The van der Waals surface area contributed by atoms with Crippen molar-refractivity contribution in [2.75, 3.05) is 13.1 Å². The number of carbonyl (C=O) groups excluding carboxylic acids is 1. The number of amides is 1. The first-order chi connectivity index (χ1) is 14.0. The number of nitrogens with zero attached hydrogens (tertiary/aromatic N) is 4. The summed E-state index contributed by atoms with van der Waals surface area (Å²) in [6, 6.07) is 0. The van der Waals surface area contributed by atoms with E-state index in [0.717, 1.165) is 38.5 Å². The molecular formula is C20H34N6O3. The number of hydrogen-bond acceptors (Lipinski definition) is 5. The molecule has 0 spiro atoms. The van der Waals surface area contributed by atoms with E-state index in [1.54, 1.807) is 25.0 Å². The number of aromatic nitrogens is 4. The molecule has 0 saturated heterocycles. The summed E-state index contributed by atoms with van der Waals surface area (Å²) in [6.07, 6.45) is 11.3. The van der Waals surface area contributed by atoms with Crippen LogP contribution in [0.25, 0.3) is 11.2 Å². The van der Waals surface area contributed by atoms with Crippen LogP contribution < -0.4 is 22.3 Å². The monoisotopic (exact) mass is 406 g/mol. The van der Waals surface area contributed by atoms with E-state index in [1.165, 1.54) is 28.4 Å².